The lowest BCUT2D eigenvalue weighted by atomic mass is 10.1. The number of phenolic OH excluding ortho intramolecular Hbond substituents is 1. The van der Waals surface area contributed by atoms with E-state index in [-0.39, 0.29) is 11.3 Å². The van der Waals surface area contributed by atoms with Gasteiger partial charge in [-0.05, 0) is 30.2 Å². The Morgan fingerprint density at radius 3 is 2.64 bits per heavy atom. The molecule has 0 fully saturated rings. The topological polar surface area (TPSA) is 70.9 Å². The van der Waals surface area contributed by atoms with Crippen molar-refractivity contribution >= 4 is 0 Å². The molecule has 0 radical (unpaired) electrons. The number of aryl methyl sites for hydroxylation is 1. The Labute approximate surface area is 144 Å². The van der Waals surface area contributed by atoms with Crippen molar-refractivity contribution < 1.29 is 5.11 Å². The number of hydrogen-bond acceptors (Lipinski definition) is 3. The Hall–Kier alpha value is -3.34. The number of aromatic amines is 1. The van der Waals surface area contributed by atoms with E-state index in [0.717, 1.165) is 22.4 Å². The molecule has 5 nitrogen and oxygen atoms in total. The average molecular weight is 331 g/mol. The number of imidazole rings is 1. The Kier molecular flexibility index (Phi) is 3.61. The van der Waals surface area contributed by atoms with Crippen molar-refractivity contribution in [1.29, 1.82) is 0 Å². The molecule has 0 atom stereocenters. The van der Waals surface area contributed by atoms with Gasteiger partial charge < -0.3 is 10.1 Å². The summed E-state index contributed by atoms with van der Waals surface area (Å²) in [5.41, 5.74) is 4.36. The maximum atomic E-state index is 12.7. The van der Waals surface area contributed by atoms with Gasteiger partial charge in [-0.3, -0.25) is 9.36 Å². The molecule has 2 aliphatic rings. The summed E-state index contributed by atoms with van der Waals surface area (Å²) in [6.45, 7) is 2.04. The lowest BCUT2D eigenvalue weighted by molar-refractivity contribution is 0.475. The monoisotopic (exact) mass is 331 g/mol. The molecule has 0 aromatic heterocycles. The number of phenols is 1. The van der Waals surface area contributed by atoms with Crippen LogP contribution >= 0.6 is 0 Å². The van der Waals surface area contributed by atoms with Crippen LogP contribution in [-0.2, 0) is 6.42 Å². The van der Waals surface area contributed by atoms with Crippen molar-refractivity contribution in [3.8, 4) is 22.8 Å². The van der Waals surface area contributed by atoms with Crippen molar-refractivity contribution in [3.63, 3.8) is 0 Å². The van der Waals surface area contributed by atoms with Crippen molar-refractivity contribution in [2.24, 2.45) is 0 Å². The van der Waals surface area contributed by atoms with Crippen molar-refractivity contribution in [2.45, 2.75) is 13.3 Å². The molecule has 2 aliphatic heterocycles. The van der Waals surface area contributed by atoms with E-state index in [4.69, 9.17) is 0 Å². The van der Waals surface area contributed by atoms with Gasteiger partial charge in [-0.1, -0.05) is 36.4 Å². The normalized spacial score (nSPS) is 11.1. The zero-order valence-electron chi connectivity index (χ0n) is 13.7. The molecule has 2 aromatic rings. The highest BCUT2D eigenvalue weighted by molar-refractivity contribution is 5.63. The zero-order chi connectivity index (χ0) is 17.4. The number of aromatic nitrogens is 3. The second-order valence-electron chi connectivity index (χ2n) is 6.08. The molecule has 0 unspecified atom stereocenters. The lowest BCUT2D eigenvalue weighted by Crippen LogP contribution is -2.15. The van der Waals surface area contributed by atoms with Crippen LogP contribution in [0.15, 0.2) is 65.7 Å². The molecule has 4 rings (SSSR count). The number of rotatable bonds is 3. The molecule has 2 aromatic carbocycles. The van der Waals surface area contributed by atoms with Gasteiger partial charge in [0.1, 0.15) is 11.4 Å². The number of fused-ring (bicyclic) bond motifs is 1. The second kappa shape index (κ2) is 5.94. The molecular formula is C20H17N3O2. The summed E-state index contributed by atoms with van der Waals surface area (Å²) < 4.78 is 1.58. The highest BCUT2D eigenvalue weighted by atomic mass is 16.3. The van der Waals surface area contributed by atoms with Gasteiger partial charge in [0.05, 0.1) is 5.69 Å². The summed E-state index contributed by atoms with van der Waals surface area (Å²) in [5, 5.41) is 9.37. The Bertz CT molecular complexity index is 1060. The third kappa shape index (κ3) is 2.80. The Morgan fingerprint density at radius 2 is 1.88 bits per heavy atom. The summed E-state index contributed by atoms with van der Waals surface area (Å²) in [4.78, 5) is 20.4. The molecule has 5 heteroatoms. The average Bonchev–Trinajstić information content (AvgIpc) is 2.93. The third-order valence-corrected chi connectivity index (χ3v) is 4.32. The molecule has 0 amide bonds. The van der Waals surface area contributed by atoms with Crippen LogP contribution in [0, 0.1) is 6.92 Å². The van der Waals surface area contributed by atoms with E-state index < -0.39 is 0 Å². The molecule has 25 heavy (non-hydrogen) atoms. The minimum atomic E-state index is -0.119. The van der Waals surface area contributed by atoms with Crippen LogP contribution in [0.25, 0.3) is 17.1 Å². The van der Waals surface area contributed by atoms with E-state index in [1.165, 1.54) is 0 Å². The predicted molar refractivity (Wildman–Crippen MR) is 96.5 cm³/mol. The van der Waals surface area contributed by atoms with Gasteiger partial charge in [-0.25, -0.2) is 4.98 Å². The first-order valence-electron chi connectivity index (χ1n) is 8.05. The fraction of sp³-hybridized carbons (Fsp3) is 0.100. The molecule has 0 saturated carbocycles. The number of H-pyrrole nitrogens is 1. The number of aromatic hydroxyl groups is 1. The van der Waals surface area contributed by atoms with Crippen LogP contribution in [0.1, 0.15) is 16.8 Å². The molecule has 0 aliphatic carbocycles. The summed E-state index contributed by atoms with van der Waals surface area (Å²) in [7, 11) is 0. The Balaban J connectivity index is 1.76. The fourth-order valence-electron chi connectivity index (χ4n) is 2.96. The zero-order valence-corrected chi connectivity index (χ0v) is 13.7. The molecule has 0 bridgehead atoms. The largest absolute Gasteiger partial charge is 0.508 e. The molecule has 2 N–H and O–H groups in total. The van der Waals surface area contributed by atoms with E-state index in [0.29, 0.717) is 17.9 Å². The minimum Gasteiger partial charge on any atom is -0.508 e. The van der Waals surface area contributed by atoms with E-state index in [1.807, 2.05) is 31.2 Å². The van der Waals surface area contributed by atoms with Crippen LogP contribution in [0.5, 0.6) is 5.75 Å². The summed E-state index contributed by atoms with van der Waals surface area (Å²) in [6, 6.07) is 14.8. The maximum Gasteiger partial charge on any atom is 0.278 e. The van der Waals surface area contributed by atoms with Crippen LogP contribution < -0.4 is 5.56 Å². The maximum absolute atomic E-state index is 12.7. The van der Waals surface area contributed by atoms with Crippen molar-refractivity contribution in [1.82, 2.24) is 14.5 Å². The number of benzene rings is 2. The van der Waals surface area contributed by atoms with Gasteiger partial charge >= 0.3 is 0 Å². The van der Waals surface area contributed by atoms with Gasteiger partial charge in [0.15, 0.2) is 5.82 Å². The first kappa shape index (κ1) is 15.2. The molecule has 124 valence electrons. The summed E-state index contributed by atoms with van der Waals surface area (Å²) >= 11 is 0. The van der Waals surface area contributed by atoms with Crippen LogP contribution in [0.2, 0.25) is 0 Å². The van der Waals surface area contributed by atoms with Crippen LogP contribution in [0.4, 0.5) is 0 Å². The molecular weight excluding hydrogens is 314 g/mol. The van der Waals surface area contributed by atoms with Crippen molar-refractivity contribution in [3.05, 3.63) is 88.1 Å². The van der Waals surface area contributed by atoms with Crippen LogP contribution in [0.3, 0.4) is 0 Å². The standard InChI is InChI=1S/C20H17N3O2/c1-13-4-2-3-5-16(13)18-12-23-19(11-21-18)22-17(20(23)25)10-14-6-8-15(24)9-7-14/h2-9,11-12,21,24H,10H2,1H3. The highest BCUT2D eigenvalue weighted by Gasteiger charge is 2.16. The minimum absolute atomic E-state index is 0.119. The van der Waals surface area contributed by atoms with E-state index in [1.54, 1.807) is 41.2 Å². The molecule has 0 spiro atoms. The molecule has 2 heterocycles. The first-order valence-corrected chi connectivity index (χ1v) is 8.05. The number of nitrogens with zero attached hydrogens (tertiary/aromatic N) is 2. The fourth-order valence-corrected chi connectivity index (χ4v) is 2.96. The first-order chi connectivity index (χ1) is 12.1. The summed E-state index contributed by atoms with van der Waals surface area (Å²) in [5.74, 6) is 0.801. The van der Waals surface area contributed by atoms with Gasteiger partial charge in [0, 0.05) is 24.4 Å². The highest BCUT2D eigenvalue weighted by Crippen LogP contribution is 2.22. The number of nitrogens with one attached hydrogen (secondary N) is 1. The van der Waals surface area contributed by atoms with Gasteiger partial charge in [-0.2, -0.15) is 0 Å². The predicted octanol–water partition coefficient (Wildman–Crippen LogP) is 3.27. The van der Waals surface area contributed by atoms with E-state index in [9.17, 15) is 9.90 Å². The van der Waals surface area contributed by atoms with Crippen molar-refractivity contribution in [2.75, 3.05) is 0 Å². The van der Waals surface area contributed by atoms with Gasteiger partial charge in [0.2, 0.25) is 0 Å². The number of hydrogen-bond donors (Lipinski definition) is 2. The quantitative estimate of drug-likeness (QED) is 0.605. The Morgan fingerprint density at radius 1 is 1.12 bits per heavy atom. The third-order valence-electron chi connectivity index (χ3n) is 4.32. The molecule has 0 saturated heterocycles. The smallest absolute Gasteiger partial charge is 0.278 e. The second-order valence-corrected chi connectivity index (χ2v) is 6.08. The van der Waals surface area contributed by atoms with E-state index >= 15 is 0 Å². The van der Waals surface area contributed by atoms with Gasteiger partial charge in [0.25, 0.3) is 5.56 Å². The SMILES string of the molecule is Cc1ccccc1-c1cn2c(=O)c(Cc3ccc(O)cc3)nc-2c[nH]1. The summed E-state index contributed by atoms with van der Waals surface area (Å²) in [6.07, 6.45) is 3.98. The van der Waals surface area contributed by atoms with Crippen LogP contribution in [-0.4, -0.2) is 19.6 Å². The lowest BCUT2D eigenvalue weighted by Gasteiger charge is -2.08. The van der Waals surface area contributed by atoms with E-state index in [2.05, 4.69) is 9.97 Å². The van der Waals surface area contributed by atoms with Gasteiger partial charge in [-0.15, -0.1) is 0 Å².